The zero-order valence-corrected chi connectivity index (χ0v) is 90.8. The van der Waals surface area contributed by atoms with E-state index in [2.05, 4.69) is 463 Å². The Morgan fingerprint density at radius 1 is 0.230 bits per heavy atom. The van der Waals surface area contributed by atoms with Crippen molar-refractivity contribution in [3.8, 4) is 101 Å². The normalized spacial score (nSPS) is 12.4. The summed E-state index contributed by atoms with van der Waals surface area (Å²) in [6.45, 7) is 34.4. The molecular weight excluding hydrogens is 1830 g/mol. The van der Waals surface area contributed by atoms with Crippen molar-refractivity contribution in [3.05, 3.63) is 369 Å². The van der Waals surface area contributed by atoms with Crippen molar-refractivity contribution in [1.82, 2.24) is 4.90 Å². The SMILES string of the molecule is C#C[Si](C)(C)C.CCCCCCCCC1(CCCCCCCC)c2cc(Br)ccc2-c2ccc(-c3ccc(N(c4ccc(-c5ccc(C)cc5)cc4)c4ccc(-c5ccc(C)cc5)cc4)cc3)cc21.CCCCCCCCC1(CCCCCCCC)c2cc(Br)ccc2-c2ccc(-c3ccc(N(c4ccc(-c5ccc(C)cc5)cc4)c4ccc(-c5ccc(C)cc5)cc4)cc3)cc21.CCN(CC)CC. The average molecular weight is 1990 g/mol. The van der Waals surface area contributed by atoms with Crippen LogP contribution in [0.15, 0.2) is 324 Å². The zero-order valence-electron chi connectivity index (χ0n) is 86.6. The Labute approximate surface area is 857 Å². The standard InChI is InChI=1S/2C61H66BrN.C6H15N.C5H10Si/c2*1-5-7-9-11-13-15-41-61(42-16-14-12-10-8-6-2)59-43-52(31-39-57(59)58-40-32-53(62)44-60(58)61)51-29-37-56(38-30-51)63(54-33-25-49(26-34-54)47-21-17-45(3)18-22-47)55-35-27-50(28-36-55)48-23-19-46(4)20-24-48;1-4-7(5-2)6-3;1-5-6(2,3)4/h2*17-40,43-44H,5-16,41-42H2,1-4H3;4-6H2,1-3H3;1H,2-4H3. The summed E-state index contributed by atoms with van der Waals surface area (Å²) in [5.74, 6) is 0. The van der Waals surface area contributed by atoms with E-state index >= 15 is 0 Å². The van der Waals surface area contributed by atoms with Crippen molar-refractivity contribution in [2.45, 2.75) is 286 Å². The molecule has 14 aromatic rings. The van der Waals surface area contributed by atoms with Gasteiger partial charge in [0.15, 0.2) is 0 Å². The smallest absolute Gasteiger partial charge is 0.128 e. The van der Waals surface area contributed by atoms with E-state index < -0.39 is 8.07 Å². The van der Waals surface area contributed by atoms with Crippen molar-refractivity contribution < 1.29 is 0 Å². The molecule has 2 aliphatic rings. The minimum absolute atomic E-state index is 0.0339. The third kappa shape index (κ3) is 28.2. The van der Waals surface area contributed by atoms with E-state index in [0.717, 1.165) is 34.1 Å². The van der Waals surface area contributed by atoms with E-state index in [1.807, 2.05) is 0 Å². The third-order valence-corrected chi connectivity index (χ3v) is 31.1. The van der Waals surface area contributed by atoms with Gasteiger partial charge in [0.1, 0.15) is 8.07 Å². The monoisotopic (exact) mass is 1980 g/mol. The van der Waals surface area contributed by atoms with E-state index in [1.165, 1.54) is 320 Å². The number of hydrogen-bond acceptors (Lipinski definition) is 3. The van der Waals surface area contributed by atoms with Gasteiger partial charge in [0.2, 0.25) is 0 Å². The highest BCUT2D eigenvalue weighted by molar-refractivity contribution is 9.10. The maximum atomic E-state index is 5.12. The van der Waals surface area contributed by atoms with Crippen LogP contribution in [0.5, 0.6) is 0 Å². The first-order valence-corrected chi connectivity index (χ1v) is 58.3. The molecule has 0 radical (unpaired) electrons. The molecule has 722 valence electrons. The molecule has 0 spiro atoms. The summed E-state index contributed by atoms with van der Waals surface area (Å²) in [6, 6.07) is 119. The van der Waals surface area contributed by atoms with Crippen LogP contribution in [0.25, 0.3) is 89.0 Å². The third-order valence-electron chi connectivity index (χ3n) is 29.2. The number of anilines is 6. The number of halogens is 2. The second-order valence-electron chi connectivity index (χ2n) is 40.6. The molecule has 6 heteroatoms. The molecule has 0 aliphatic heterocycles. The molecule has 0 heterocycles. The first kappa shape index (κ1) is 106. The van der Waals surface area contributed by atoms with Crippen LogP contribution < -0.4 is 9.80 Å². The molecule has 139 heavy (non-hydrogen) atoms. The summed E-state index contributed by atoms with van der Waals surface area (Å²) < 4.78 is 2.39. The van der Waals surface area contributed by atoms with Gasteiger partial charge in [-0.2, -0.15) is 0 Å². The van der Waals surface area contributed by atoms with Gasteiger partial charge in [0.25, 0.3) is 0 Å². The summed E-state index contributed by atoms with van der Waals surface area (Å²) >= 11 is 7.83. The zero-order chi connectivity index (χ0) is 98.1. The van der Waals surface area contributed by atoms with E-state index in [1.54, 1.807) is 22.3 Å². The molecule has 3 nitrogen and oxygen atoms in total. The van der Waals surface area contributed by atoms with E-state index in [4.69, 9.17) is 6.42 Å². The Hall–Kier alpha value is -10.6. The number of aryl methyl sites for hydroxylation is 4. The maximum Gasteiger partial charge on any atom is 0.128 e. The molecular formula is C133H157Br2N3Si. The van der Waals surface area contributed by atoms with Crippen molar-refractivity contribution in [2.24, 2.45) is 0 Å². The van der Waals surface area contributed by atoms with Crippen molar-refractivity contribution in [1.29, 1.82) is 0 Å². The van der Waals surface area contributed by atoms with Gasteiger partial charge in [0, 0.05) is 53.9 Å². The van der Waals surface area contributed by atoms with Gasteiger partial charge in [0.05, 0.1) is 0 Å². The van der Waals surface area contributed by atoms with E-state index in [9.17, 15) is 0 Å². The van der Waals surface area contributed by atoms with Gasteiger partial charge in [-0.25, -0.2) is 0 Å². The van der Waals surface area contributed by atoms with Gasteiger partial charge in [-0.3, -0.25) is 0 Å². The summed E-state index contributed by atoms with van der Waals surface area (Å²) in [5, 5.41) is 0. The van der Waals surface area contributed by atoms with Gasteiger partial charge in [-0.15, -0.1) is 12.0 Å². The predicted molar refractivity (Wildman–Crippen MR) is 619 cm³/mol. The Bertz CT molecular complexity index is 5560. The molecule has 0 aromatic heterocycles. The fraction of sp³-hybridized carbons (Fsp3) is 0.353. The summed E-state index contributed by atoms with van der Waals surface area (Å²) in [6.07, 6.45) is 41.7. The van der Waals surface area contributed by atoms with Crippen molar-refractivity contribution in [2.75, 3.05) is 29.4 Å². The molecule has 0 N–H and O–H groups in total. The topological polar surface area (TPSA) is 9.72 Å². The highest BCUT2D eigenvalue weighted by Crippen LogP contribution is 2.58. The van der Waals surface area contributed by atoms with Crippen LogP contribution in [-0.2, 0) is 10.8 Å². The number of terminal acetylenes is 1. The highest BCUT2D eigenvalue weighted by Gasteiger charge is 2.44. The number of unbranched alkanes of at least 4 members (excludes halogenated alkanes) is 20. The number of fused-ring (bicyclic) bond motifs is 6. The molecule has 0 saturated heterocycles. The Balaban J connectivity index is 0.000000208. The van der Waals surface area contributed by atoms with Gasteiger partial charge in [-0.05, 0) is 293 Å². The van der Waals surface area contributed by atoms with E-state index in [0.29, 0.717) is 0 Å². The largest absolute Gasteiger partial charge is 0.311 e. The molecule has 0 bridgehead atoms. The van der Waals surface area contributed by atoms with Crippen LogP contribution in [0.2, 0.25) is 19.6 Å². The van der Waals surface area contributed by atoms with Crippen LogP contribution in [0, 0.1) is 39.7 Å². The van der Waals surface area contributed by atoms with Gasteiger partial charge in [-0.1, -0.05) is 483 Å². The molecule has 0 amide bonds. The fourth-order valence-electron chi connectivity index (χ4n) is 20.8. The molecule has 0 unspecified atom stereocenters. The van der Waals surface area contributed by atoms with Gasteiger partial charge >= 0.3 is 0 Å². The lowest BCUT2D eigenvalue weighted by atomic mass is 9.70. The molecule has 2 aliphatic carbocycles. The lowest BCUT2D eigenvalue weighted by Crippen LogP contribution is -2.25. The number of benzene rings is 14. The highest BCUT2D eigenvalue weighted by atomic mass is 79.9. The van der Waals surface area contributed by atoms with E-state index in [-0.39, 0.29) is 10.8 Å². The lowest BCUT2D eigenvalue weighted by Gasteiger charge is -2.33. The second-order valence-corrected chi connectivity index (χ2v) is 47.2. The number of nitrogens with zero attached hydrogens (tertiary/aromatic N) is 3. The number of hydrogen-bond donors (Lipinski definition) is 0. The fourth-order valence-corrected chi connectivity index (χ4v) is 21.5. The molecule has 14 aromatic carbocycles. The second kappa shape index (κ2) is 52.8. The van der Waals surface area contributed by atoms with Crippen LogP contribution in [-0.4, -0.2) is 32.6 Å². The Morgan fingerprint density at radius 2 is 0.403 bits per heavy atom. The maximum absolute atomic E-state index is 5.12. The Kier molecular flexibility index (Phi) is 40.1. The van der Waals surface area contributed by atoms with Crippen molar-refractivity contribution >= 4 is 74.1 Å². The Morgan fingerprint density at radius 3 is 0.597 bits per heavy atom. The van der Waals surface area contributed by atoms with Crippen LogP contribution in [0.3, 0.4) is 0 Å². The quantitative estimate of drug-likeness (QED) is 0.0214. The summed E-state index contributed by atoms with van der Waals surface area (Å²) in [5.41, 5.74) is 41.6. The molecule has 0 fully saturated rings. The van der Waals surface area contributed by atoms with Gasteiger partial charge < -0.3 is 14.7 Å². The van der Waals surface area contributed by atoms with Crippen LogP contribution in [0.4, 0.5) is 34.1 Å². The molecule has 0 atom stereocenters. The van der Waals surface area contributed by atoms with Crippen LogP contribution >= 0.6 is 31.9 Å². The first-order chi connectivity index (χ1) is 67.6. The predicted octanol–water partition coefficient (Wildman–Crippen LogP) is 41.5. The summed E-state index contributed by atoms with van der Waals surface area (Å²) in [7, 11) is -1.10. The minimum atomic E-state index is -1.10. The molecule has 16 rings (SSSR count). The summed E-state index contributed by atoms with van der Waals surface area (Å²) in [4.78, 5) is 7.16. The molecule has 0 saturated carbocycles. The van der Waals surface area contributed by atoms with Crippen molar-refractivity contribution in [3.63, 3.8) is 0 Å². The first-order valence-electron chi connectivity index (χ1n) is 53.2. The lowest BCUT2D eigenvalue weighted by molar-refractivity contribution is 0.321. The average Bonchev–Trinajstić information content (AvgIpc) is 1.57. The van der Waals surface area contributed by atoms with Crippen LogP contribution in [0.1, 0.15) is 273 Å². The number of rotatable bonds is 43. The minimum Gasteiger partial charge on any atom is -0.311 e.